The number of allylic oxidation sites excluding steroid dienone is 1. The first-order chi connectivity index (χ1) is 13.5. The molecule has 0 saturated heterocycles. The summed E-state index contributed by atoms with van der Waals surface area (Å²) < 4.78 is 1.90. The molecule has 0 saturated carbocycles. The Kier molecular flexibility index (Phi) is 6.00. The molecule has 0 aliphatic rings. The highest BCUT2D eigenvalue weighted by atomic mass is 32.2. The number of non-ortho nitro benzene ring substituents is 1. The number of aromatic nitrogens is 3. The molecule has 1 heterocycles. The molecule has 2 aromatic carbocycles. The van der Waals surface area contributed by atoms with Crippen molar-refractivity contribution in [3.05, 3.63) is 82.4 Å². The van der Waals surface area contributed by atoms with E-state index in [4.69, 9.17) is 0 Å². The van der Waals surface area contributed by atoms with E-state index in [1.165, 1.54) is 30.0 Å². The summed E-state index contributed by atoms with van der Waals surface area (Å²) in [6.07, 6.45) is 1.75. The van der Waals surface area contributed by atoms with E-state index in [1.807, 2.05) is 35.8 Å². The van der Waals surface area contributed by atoms with Crippen LogP contribution >= 0.6 is 11.8 Å². The van der Waals surface area contributed by atoms with Gasteiger partial charge in [0.05, 0.1) is 10.7 Å². The van der Waals surface area contributed by atoms with E-state index >= 15 is 0 Å². The molecule has 0 unspecified atom stereocenters. The predicted molar refractivity (Wildman–Crippen MR) is 109 cm³/mol. The zero-order chi connectivity index (χ0) is 20.1. The summed E-state index contributed by atoms with van der Waals surface area (Å²) in [6.45, 7) is 6.29. The Hall–Kier alpha value is -3.26. The molecule has 0 aliphatic carbocycles. The minimum atomic E-state index is -0.515. The summed E-state index contributed by atoms with van der Waals surface area (Å²) in [4.78, 5) is 22.8. The number of nitro groups is 1. The minimum absolute atomic E-state index is 0.101. The molecule has 0 radical (unpaired) electrons. The summed E-state index contributed by atoms with van der Waals surface area (Å²) >= 11 is 1.25. The molecule has 0 spiro atoms. The predicted octanol–water partition coefficient (Wildman–Crippen LogP) is 4.32. The summed E-state index contributed by atoms with van der Waals surface area (Å²) in [5.74, 6) is 0.595. The van der Waals surface area contributed by atoms with Crippen molar-refractivity contribution in [3.8, 4) is 11.4 Å². The number of rotatable bonds is 8. The Bertz CT molecular complexity index is 1050. The van der Waals surface area contributed by atoms with Crippen LogP contribution in [0.5, 0.6) is 0 Å². The van der Waals surface area contributed by atoms with E-state index < -0.39 is 4.92 Å². The molecule has 8 heteroatoms. The molecule has 7 nitrogen and oxygen atoms in total. The van der Waals surface area contributed by atoms with Gasteiger partial charge >= 0.3 is 0 Å². The van der Waals surface area contributed by atoms with Gasteiger partial charge in [0, 0.05) is 29.8 Å². The van der Waals surface area contributed by atoms with Gasteiger partial charge in [0.2, 0.25) is 0 Å². The van der Waals surface area contributed by atoms with E-state index in [0.717, 1.165) is 11.1 Å². The molecule has 0 amide bonds. The lowest BCUT2D eigenvalue weighted by atomic mass is 10.1. The van der Waals surface area contributed by atoms with Gasteiger partial charge < -0.3 is 0 Å². The van der Waals surface area contributed by atoms with Crippen molar-refractivity contribution in [1.29, 1.82) is 0 Å². The zero-order valence-corrected chi connectivity index (χ0v) is 16.1. The number of hydrogen-bond donors (Lipinski definition) is 0. The fourth-order valence-corrected chi connectivity index (χ4v) is 3.54. The SMILES string of the molecule is C=CCn1c(SCC(=O)c2cccc([N+](=O)[O-])c2)nnc1-c1cccc(C)c1. The van der Waals surface area contributed by atoms with Crippen molar-refractivity contribution in [2.75, 3.05) is 5.75 Å². The molecule has 1 aromatic heterocycles. The van der Waals surface area contributed by atoms with Crippen LogP contribution in [0.15, 0.2) is 66.3 Å². The van der Waals surface area contributed by atoms with Crippen molar-refractivity contribution in [2.45, 2.75) is 18.6 Å². The van der Waals surface area contributed by atoms with Crippen LogP contribution in [0.2, 0.25) is 0 Å². The molecule has 0 atom stereocenters. The van der Waals surface area contributed by atoms with Crippen molar-refractivity contribution in [1.82, 2.24) is 14.8 Å². The number of benzene rings is 2. The molecule has 0 N–H and O–H groups in total. The largest absolute Gasteiger partial charge is 0.298 e. The number of thioether (sulfide) groups is 1. The normalized spacial score (nSPS) is 10.6. The quantitative estimate of drug-likeness (QED) is 0.186. The number of nitro benzene ring substituents is 1. The van der Waals surface area contributed by atoms with E-state index in [2.05, 4.69) is 16.8 Å². The average Bonchev–Trinajstić information content (AvgIpc) is 3.09. The van der Waals surface area contributed by atoms with Crippen LogP contribution in [0.4, 0.5) is 5.69 Å². The van der Waals surface area contributed by atoms with Crippen LogP contribution in [0.1, 0.15) is 15.9 Å². The fraction of sp³-hybridized carbons (Fsp3) is 0.150. The molecule has 3 aromatic rings. The maximum absolute atomic E-state index is 12.5. The number of hydrogen-bond acceptors (Lipinski definition) is 6. The third-order valence-electron chi connectivity index (χ3n) is 4.02. The first-order valence-electron chi connectivity index (χ1n) is 8.51. The molecular formula is C20H18N4O3S. The third kappa shape index (κ3) is 4.34. The number of carbonyl (C=O) groups excluding carboxylic acids is 1. The van der Waals surface area contributed by atoms with E-state index in [1.54, 1.807) is 12.1 Å². The number of carbonyl (C=O) groups is 1. The van der Waals surface area contributed by atoms with Gasteiger partial charge in [-0.05, 0) is 13.0 Å². The van der Waals surface area contributed by atoms with Crippen LogP contribution in [0.3, 0.4) is 0 Å². The van der Waals surface area contributed by atoms with Gasteiger partial charge in [-0.1, -0.05) is 53.7 Å². The molecule has 0 bridgehead atoms. The lowest BCUT2D eigenvalue weighted by molar-refractivity contribution is -0.384. The maximum Gasteiger partial charge on any atom is 0.270 e. The van der Waals surface area contributed by atoms with Gasteiger partial charge in [-0.15, -0.1) is 16.8 Å². The Morgan fingerprint density at radius 1 is 1.25 bits per heavy atom. The van der Waals surface area contributed by atoms with Gasteiger partial charge in [0.15, 0.2) is 16.8 Å². The van der Waals surface area contributed by atoms with Crippen molar-refractivity contribution in [2.24, 2.45) is 0 Å². The van der Waals surface area contributed by atoms with E-state index in [-0.39, 0.29) is 17.2 Å². The second-order valence-corrected chi connectivity index (χ2v) is 7.04. The second kappa shape index (κ2) is 8.62. The van der Waals surface area contributed by atoms with Crippen LogP contribution < -0.4 is 0 Å². The monoisotopic (exact) mass is 394 g/mol. The highest BCUT2D eigenvalue weighted by Crippen LogP contribution is 2.25. The molecule has 28 heavy (non-hydrogen) atoms. The average molecular weight is 394 g/mol. The minimum Gasteiger partial charge on any atom is -0.298 e. The van der Waals surface area contributed by atoms with Gasteiger partial charge in [-0.3, -0.25) is 19.5 Å². The van der Waals surface area contributed by atoms with Gasteiger partial charge in [-0.2, -0.15) is 0 Å². The second-order valence-electron chi connectivity index (χ2n) is 6.09. The first kappa shape index (κ1) is 19.5. The number of aryl methyl sites for hydroxylation is 1. The molecular weight excluding hydrogens is 376 g/mol. The molecule has 0 aliphatic heterocycles. The summed E-state index contributed by atoms with van der Waals surface area (Å²) in [7, 11) is 0. The Morgan fingerprint density at radius 2 is 2.04 bits per heavy atom. The lowest BCUT2D eigenvalue weighted by Crippen LogP contribution is -2.06. The summed E-state index contributed by atoms with van der Waals surface area (Å²) in [6, 6.07) is 13.7. The Morgan fingerprint density at radius 3 is 2.75 bits per heavy atom. The maximum atomic E-state index is 12.5. The number of Topliss-reactive ketones (excluding diaryl/α,β-unsaturated/α-hetero) is 1. The number of nitrogens with zero attached hydrogens (tertiary/aromatic N) is 4. The summed E-state index contributed by atoms with van der Waals surface area (Å²) in [5.41, 5.74) is 2.25. The zero-order valence-electron chi connectivity index (χ0n) is 15.2. The van der Waals surface area contributed by atoms with Crippen LogP contribution in [-0.4, -0.2) is 31.2 Å². The van der Waals surface area contributed by atoms with Crippen LogP contribution in [0, 0.1) is 17.0 Å². The fourth-order valence-electron chi connectivity index (χ4n) is 2.69. The molecule has 3 rings (SSSR count). The highest BCUT2D eigenvalue weighted by molar-refractivity contribution is 7.99. The molecule has 142 valence electrons. The highest BCUT2D eigenvalue weighted by Gasteiger charge is 2.17. The van der Waals surface area contributed by atoms with Gasteiger partial charge in [0.1, 0.15) is 0 Å². The third-order valence-corrected chi connectivity index (χ3v) is 4.98. The van der Waals surface area contributed by atoms with Crippen LogP contribution in [0.25, 0.3) is 11.4 Å². The molecule has 0 fully saturated rings. The van der Waals surface area contributed by atoms with Crippen LogP contribution in [-0.2, 0) is 6.54 Å². The van der Waals surface area contributed by atoms with E-state index in [0.29, 0.717) is 23.1 Å². The van der Waals surface area contributed by atoms with Crippen molar-refractivity contribution in [3.63, 3.8) is 0 Å². The Labute approximate surface area is 166 Å². The standard InChI is InChI=1S/C20H18N4O3S/c1-3-10-23-19(16-8-4-6-14(2)11-16)21-22-20(23)28-13-18(25)15-7-5-9-17(12-15)24(26)27/h3-9,11-12H,1,10,13H2,2H3. The lowest BCUT2D eigenvalue weighted by Gasteiger charge is -2.08. The van der Waals surface area contributed by atoms with Gasteiger partial charge in [-0.25, -0.2) is 0 Å². The summed E-state index contributed by atoms with van der Waals surface area (Å²) in [5, 5.41) is 20.0. The first-order valence-corrected chi connectivity index (χ1v) is 9.49. The Balaban J connectivity index is 1.81. The smallest absolute Gasteiger partial charge is 0.270 e. The van der Waals surface area contributed by atoms with Gasteiger partial charge in [0.25, 0.3) is 5.69 Å². The number of ketones is 1. The van der Waals surface area contributed by atoms with Crippen molar-refractivity contribution >= 4 is 23.2 Å². The van der Waals surface area contributed by atoms with E-state index in [9.17, 15) is 14.9 Å². The van der Waals surface area contributed by atoms with Crippen molar-refractivity contribution < 1.29 is 9.72 Å². The topological polar surface area (TPSA) is 90.9 Å².